The molecule has 1 aromatic rings. The van der Waals surface area contributed by atoms with E-state index in [1.54, 1.807) is 4.31 Å². The van der Waals surface area contributed by atoms with Gasteiger partial charge in [0, 0.05) is 50.2 Å². The Morgan fingerprint density at radius 2 is 1.88 bits per heavy atom. The SMILES string of the molecule is CCN(Cc1ccncc1)C1CCCN(S(=O)(=O)C2C(C)NNC2C)C1. The number of hydrogen-bond acceptors (Lipinski definition) is 6. The third-order valence-electron chi connectivity index (χ3n) is 5.64. The fourth-order valence-corrected chi connectivity index (χ4v) is 6.50. The van der Waals surface area contributed by atoms with Gasteiger partial charge >= 0.3 is 0 Å². The van der Waals surface area contributed by atoms with E-state index in [1.807, 2.05) is 38.4 Å². The molecule has 1 aromatic heterocycles. The minimum atomic E-state index is -3.34. The van der Waals surface area contributed by atoms with Crippen molar-refractivity contribution in [3.05, 3.63) is 30.1 Å². The largest absolute Gasteiger partial charge is 0.295 e. The molecule has 2 saturated heterocycles. The second kappa shape index (κ2) is 8.31. The van der Waals surface area contributed by atoms with Crippen LogP contribution < -0.4 is 10.9 Å². The summed E-state index contributed by atoms with van der Waals surface area (Å²) in [5.74, 6) is 0. The highest BCUT2D eigenvalue weighted by Gasteiger charge is 2.44. The highest BCUT2D eigenvalue weighted by atomic mass is 32.2. The molecule has 26 heavy (non-hydrogen) atoms. The van der Waals surface area contributed by atoms with Gasteiger partial charge in [-0.3, -0.25) is 20.7 Å². The predicted molar refractivity (Wildman–Crippen MR) is 103 cm³/mol. The zero-order chi connectivity index (χ0) is 18.7. The normalized spacial score (nSPS) is 30.8. The van der Waals surface area contributed by atoms with Gasteiger partial charge in [0.15, 0.2) is 0 Å². The molecule has 2 aliphatic heterocycles. The van der Waals surface area contributed by atoms with E-state index in [2.05, 4.69) is 27.7 Å². The average Bonchev–Trinajstić information content (AvgIpc) is 2.99. The monoisotopic (exact) mass is 381 g/mol. The quantitative estimate of drug-likeness (QED) is 0.764. The number of piperidine rings is 1. The Balaban J connectivity index is 1.71. The first-order valence-corrected chi connectivity index (χ1v) is 11.1. The Morgan fingerprint density at radius 3 is 2.50 bits per heavy atom. The molecule has 2 fully saturated rings. The van der Waals surface area contributed by atoms with Crippen molar-refractivity contribution < 1.29 is 8.42 Å². The Kier molecular flexibility index (Phi) is 6.29. The smallest absolute Gasteiger partial charge is 0.220 e. The molecule has 0 saturated carbocycles. The first-order valence-electron chi connectivity index (χ1n) is 9.56. The summed E-state index contributed by atoms with van der Waals surface area (Å²) >= 11 is 0. The number of pyridine rings is 1. The molecule has 7 nitrogen and oxygen atoms in total. The first-order chi connectivity index (χ1) is 12.4. The van der Waals surface area contributed by atoms with Gasteiger partial charge in [-0.15, -0.1) is 0 Å². The number of nitrogens with one attached hydrogen (secondary N) is 2. The van der Waals surface area contributed by atoms with Crippen molar-refractivity contribution in [2.45, 2.75) is 63.5 Å². The maximum absolute atomic E-state index is 13.2. The van der Waals surface area contributed by atoms with E-state index in [1.165, 1.54) is 5.56 Å². The molecule has 0 bridgehead atoms. The lowest BCUT2D eigenvalue weighted by Gasteiger charge is -2.40. The second-order valence-electron chi connectivity index (χ2n) is 7.45. The van der Waals surface area contributed by atoms with Crippen LogP contribution in [-0.4, -0.2) is 65.6 Å². The third-order valence-corrected chi connectivity index (χ3v) is 8.20. The Hall–Kier alpha value is -1.06. The van der Waals surface area contributed by atoms with Crippen LogP contribution in [0.1, 0.15) is 39.2 Å². The summed E-state index contributed by atoms with van der Waals surface area (Å²) in [6, 6.07) is 4.13. The summed E-state index contributed by atoms with van der Waals surface area (Å²) in [5, 5.41) is -0.420. The molecular formula is C18H31N5O2S. The van der Waals surface area contributed by atoms with E-state index in [4.69, 9.17) is 0 Å². The number of hydrazine groups is 1. The van der Waals surface area contributed by atoms with E-state index >= 15 is 0 Å². The summed E-state index contributed by atoms with van der Waals surface area (Å²) in [4.78, 5) is 6.46. The van der Waals surface area contributed by atoms with Gasteiger partial charge < -0.3 is 0 Å². The summed E-state index contributed by atoms with van der Waals surface area (Å²) in [6.45, 7) is 8.95. The van der Waals surface area contributed by atoms with E-state index in [9.17, 15) is 8.42 Å². The molecule has 3 unspecified atom stereocenters. The highest BCUT2D eigenvalue weighted by molar-refractivity contribution is 7.89. The van der Waals surface area contributed by atoms with Gasteiger partial charge in [0.05, 0.1) is 0 Å². The predicted octanol–water partition coefficient (Wildman–Crippen LogP) is 0.951. The standard InChI is InChI=1S/C18H31N5O2S/c1-4-22(12-16-7-9-19-10-8-16)17-6-5-11-23(13-17)26(24,25)18-14(2)20-21-15(18)3/h7-10,14-15,17-18,20-21H,4-6,11-13H2,1-3H3. The first kappa shape index (κ1) is 19.7. The molecule has 0 aliphatic carbocycles. The van der Waals surface area contributed by atoms with Gasteiger partial charge in [-0.1, -0.05) is 6.92 Å². The van der Waals surface area contributed by atoms with Crippen molar-refractivity contribution in [1.29, 1.82) is 0 Å². The third kappa shape index (κ3) is 4.09. The molecule has 0 spiro atoms. The molecule has 8 heteroatoms. The van der Waals surface area contributed by atoms with Crippen molar-refractivity contribution in [2.75, 3.05) is 19.6 Å². The van der Waals surface area contributed by atoms with E-state index in [0.29, 0.717) is 13.1 Å². The number of likely N-dealkylation sites (N-methyl/N-ethyl adjacent to an activating group) is 1. The highest BCUT2D eigenvalue weighted by Crippen LogP contribution is 2.25. The lowest BCUT2D eigenvalue weighted by Crippen LogP contribution is -2.54. The van der Waals surface area contributed by atoms with Crippen LogP contribution in [0.3, 0.4) is 0 Å². The lowest BCUT2D eigenvalue weighted by atomic mass is 10.1. The van der Waals surface area contributed by atoms with E-state index < -0.39 is 15.3 Å². The molecule has 0 aromatic carbocycles. The van der Waals surface area contributed by atoms with Gasteiger partial charge in [0.25, 0.3) is 0 Å². The van der Waals surface area contributed by atoms with Crippen molar-refractivity contribution in [3.8, 4) is 0 Å². The molecule has 2 N–H and O–H groups in total. The molecule has 3 atom stereocenters. The van der Waals surface area contributed by atoms with Crippen LogP contribution in [0.4, 0.5) is 0 Å². The fraction of sp³-hybridized carbons (Fsp3) is 0.722. The maximum atomic E-state index is 13.2. The van der Waals surface area contributed by atoms with Crippen molar-refractivity contribution in [3.63, 3.8) is 0 Å². The summed E-state index contributed by atoms with van der Waals surface area (Å²) in [5.41, 5.74) is 7.36. The van der Waals surface area contributed by atoms with Crippen LogP contribution >= 0.6 is 0 Å². The number of rotatable bonds is 6. The van der Waals surface area contributed by atoms with E-state index in [-0.39, 0.29) is 18.1 Å². The number of sulfonamides is 1. The molecular weight excluding hydrogens is 350 g/mol. The van der Waals surface area contributed by atoms with Crippen LogP contribution in [0.25, 0.3) is 0 Å². The van der Waals surface area contributed by atoms with Gasteiger partial charge in [-0.05, 0) is 50.9 Å². The number of hydrogen-bond donors (Lipinski definition) is 2. The Labute approximate surface area is 157 Å². The number of aromatic nitrogens is 1. The van der Waals surface area contributed by atoms with Crippen molar-refractivity contribution in [1.82, 2.24) is 25.0 Å². The summed E-state index contributed by atoms with van der Waals surface area (Å²) in [7, 11) is -3.34. The van der Waals surface area contributed by atoms with Crippen LogP contribution in [-0.2, 0) is 16.6 Å². The molecule has 146 valence electrons. The van der Waals surface area contributed by atoms with Gasteiger partial charge in [0.2, 0.25) is 10.0 Å². The lowest BCUT2D eigenvalue weighted by molar-refractivity contribution is 0.133. The van der Waals surface area contributed by atoms with Crippen molar-refractivity contribution >= 4 is 10.0 Å². The number of nitrogens with zero attached hydrogens (tertiary/aromatic N) is 3. The molecule has 3 rings (SSSR count). The van der Waals surface area contributed by atoms with Crippen molar-refractivity contribution in [2.24, 2.45) is 0 Å². The summed E-state index contributed by atoms with van der Waals surface area (Å²) in [6.07, 6.45) is 5.57. The maximum Gasteiger partial charge on any atom is 0.220 e. The van der Waals surface area contributed by atoms with Gasteiger partial charge in [-0.2, -0.15) is 0 Å². The van der Waals surface area contributed by atoms with Gasteiger partial charge in [-0.25, -0.2) is 12.7 Å². The van der Waals surface area contributed by atoms with E-state index in [0.717, 1.165) is 25.9 Å². The fourth-order valence-electron chi connectivity index (χ4n) is 4.22. The minimum Gasteiger partial charge on any atom is -0.295 e. The van der Waals surface area contributed by atoms with Gasteiger partial charge in [0.1, 0.15) is 5.25 Å². The average molecular weight is 382 g/mol. The Bertz CT molecular complexity index is 674. The van der Waals surface area contributed by atoms with Crippen LogP contribution in [0, 0.1) is 0 Å². The minimum absolute atomic E-state index is 0.0885. The summed E-state index contributed by atoms with van der Waals surface area (Å²) < 4.78 is 28.2. The van der Waals surface area contributed by atoms with Crippen LogP contribution in [0.5, 0.6) is 0 Å². The topological polar surface area (TPSA) is 77.6 Å². The molecule has 3 heterocycles. The zero-order valence-corrected chi connectivity index (χ0v) is 16.7. The molecule has 2 aliphatic rings. The Morgan fingerprint density at radius 1 is 1.23 bits per heavy atom. The van der Waals surface area contributed by atoms with Crippen LogP contribution in [0.2, 0.25) is 0 Å². The molecule has 0 amide bonds. The molecule has 0 radical (unpaired) electrons. The van der Waals surface area contributed by atoms with Crippen LogP contribution in [0.15, 0.2) is 24.5 Å². The zero-order valence-electron chi connectivity index (χ0n) is 15.9. The second-order valence-corrected chi connectivity index (χ2v) is 9.54.